The minimum atomic E-state index is -0.0913. The summed E-state index contributed by atoms with van der Waals surface area (Å²) in [4.78, 5) is 0. The van der Waals surface area contributed by atoms with Gasteiger partial charge in [-0.1, -0.05) is 139 Å². The third kappa shape index (κ3) is 9.87. The zero-order chi connectivity index (χ0) is 20.6. The standard InChI is InChI=1S/C15H30.C12H10O2/c1-2-4-6-8-10-12-14-15-13-11-9-7-5-3-1;13-11-8-4-7-10(12(11)14)9-5-2-1-3-6-9/h1-15H2;1-8,13-14H. The zero-order valence-electron chi connectivity index (χ0n) is 18.1. The van der Waals surface area contributed by atoms with E-state index >= 15 is 0 Å². The van der Waals surface area contributed by atoms with Crippen molar-refractivity contribution in [1.29, 1.82) is 0 Å². The van der Waals surface area contributed by atoms with E-state index < -0.39 is 0 Å². The lowest BCUT2D eigenvalue weighted by atomic mass is 10.0. The van der Waals surface area contributed by atoms with Gasteiger partial charge < -0.3 is 10.2 Å². The number of rotatable bonds is 1. The molecule has 3 rings (SSSR count). The van der Waals surface area contributed by atoms with Crippen LogP contribution in [0.2, 0.25) is 0 Å². The van der Waals surface area contributed by atoms with Gasteiger partial charge in [-0.2, -0.15) is 0 Å². The number of para-hydroxylation sites is 1. The Morgan fingerprint density at radius 3 is 1.17 bits per heavy atom. The first kappa shape index (κ1) is 23.3. The van der Waals surface area contributed by atoms with Gasteiger partial charge in [-0.3, -0.25) is 0 Å². The maximum atomic E-state index is 9.60. The third-order valence-electron chi connectivity index (χ3n) is 5.85. The molecule has 2 heteroatoms. The van der Waals surface area contributed by atoms with Crippen LogP contribution < -0.4 is 0 Å². The number of phenolic OH excluding ortho intramolecular Hbond substituents is 2. The van der Waals surface area contributed by atoms with Crippen LogP contribution in [0.3, 0.4) is 0 Å². The molecule has 1 aliphatic rings. The van der Waals surface area contributed by atoms with Gasteiger partial charge in [0.1, 0.15) is 0 Å². The molecule has 2 aromatic carbocycles. The first-order valence-electron chi connectivity index (χ1n) is 11.9. The Balaban J connectivity index is 0.000000207. The molecule has 0 heterocycles. The van der Waals surface area contributed by atoms with Crippen molar-refractivity contribution >= 4 is 0 Å². The Hall–Kier alpha value is -1.96. The molecule has 0 atom stereocenters. The highest BCUT2D eigenvalue weighted by Crippen LogP contribution is 2.35. The Bertz CT molecular complexity index is 592. The summed E-state index contributed by atoms with van der Waals surface area (Å²) in [5, 5.41) is 18.9. The molecule has 0 spiro atoms. The van der Waals surface area contributed by atoms with Gasteiger partial charge in [0.05, 0.1) is 0 Å². The van der Waals surface area contributed by atoms with Gasteiger partial charge in [0.2, 0.25) is 0 Å². The summed E-state index contributed by atoms with van der Waals surface area (Å²) < 4.78 is 0. The second-order valence-electron chi connectivity index (χ2n) is 8.34. The van der Waals surface area contributed by atoms with Crippen LogP contribution >= 0.6 is 0 Å². The lowest BCUT2D eigenvalue weighted by molar-refractivity contribution is 0.405. The van der Waals surface area contributed by atoms with Gasteiger partial charge in [-0.15, -0.1) is 0 Å². The monoisotopic (exact) mass is 396 g/mol. The molecule has 1 saturated carbocycles. The van der Waals surface area contributed by atoms with Crippen LogP contribution in [-0.4, -0.2) is 10.2 Å². The first-order valence-corrected chi connectivity index (χ1v) is 11.9. The number of hydrogen-bond donors (Lipinski definition) is 2. The van der Waals surface area contributed by atoms with Crippen molar-refractivity contribution < 1.29 is 10.2 Å². The van der Waals surface area contributed by atoms with Crippen molar-refractivity contribution in [3.05, 3.63) is 48.5 Å². The average molecular weight is 397 g/mol. The van der Waals surface area contributed by atoms with Crippen LogP contribution in [0.1, 0.15) is 96.3 Å². The lowest BCUT2D eigenvalue weighted by Gasteiger charge is -2.05. The smallest absolute Gasteiger partial charge is 0.165 e. The Morgan fingerprint density at radius 2 is 0.793 bits per heavy atom. The van der Waals surface area contributed by atoms with Crippen molar-refractivity contribution in [3.8, 4) is 22.6 Å². The summed E-state index contributed by atoms with van der Waals surface area (Å²) in [6.07, 6.45) is 22.5. The predicted octanol–water partition coefficient (Wildman–Crippen LogP) is 8.62. The molecule has 0 aromatic heterocycles. The third-order valence-corrected chi connectivity index (χ3v) is 5.85. The maximum absolute atomic E-state index is 9.60. The summed E-state index contributed by atoms with van der Waals surface area (Å²) in [7, 11) is 0. The maximum Gasteiger partial charge on any atom is 0.165 e. The van der Waals surface area contributed by atoms with E-state index in [-0.39, 0.29) is 11.5 Å². The van der Waals surface area contributed by atoms with Crippen LogP contribution in [0.5, 0.6) is 11.5 Å². The van der Waals surface area contributed by atoms with Gasteiger partial charge in [-0.25, -0.2) is 0 Å². The minimum Gasteiger partial charge on any atom is -0.504 e. The summed E-state index contributed by atoms with van der Waals surface area (Å²) >= 11 is 0. The van der Waals surface area contributed by atoms with E-state index in [0.29, 0.717) is 5.56 Å². The van der Waals surface area contributed by atoms with Crippen LogP contribution in [0.4, 0.5) is 0 Å². The first-order chi connectivity index (χ1) is 14.3. The van der Waals surface area contributed by atoms with E-state index in [1.807, 2.05) is 30.3 Å². The Kier molecular flexibility index (Phi) is 12.0. The summed E-state index contributed by atoms with van der Waals surface area (Å²) in [5.41, 5.74) is 1.53. The van der Waals surface area contributed by atoms with Gasteiger partial charge in [0, 0.05) is 5.56 Å². The molecule has 1 fully saturated rings. The topological polar surface area (TPSA) is 40.5 Å². The molecule has 2 aromatic rings. The van der Waals surface area contributed by atoms with Crippen LogP contribution in [0, 0.1) is 0 Å². The van der Waals surface area contributed by atoms with Gasteiger partial charge in [-0.05, 0) is 11.6 Å². The number of aromatic hydroxyl groups is 2. The predicted molar refractivity (Wildman–Crippen MR) is 124 cm³/mol. The van der Waals surface area contributed by atoms with E-state index in [1.54, 1.807) is 12.1 Å². The molecular weight excluding hydrogens is 356 g/mol. The molecule has 29 heavy (non-hydrogen) atoms. The largest absolute Gasteiger partial charge is 0.504 e. The second-order valence-corrected chi connectivity index (χ2v) is 8.34. The fraction of sp³-hybridized carbons (Fsp3) is 0.556. The highest BCUT2D eigenvalue weighted by Gasteiger charge is 2.06. The van der Waals surface area contributed by atoms with E-state index in [1.165, 1.54) is 102 Å². The molecule has 0 bridgehead atoms. The highest BCUT2D eigenvalue weighted by atomic mass is 16.3. The lowest BCUT2D eigenvalue weighted by Crippen LogP contribution is -1.81. The van der Waals surface area contributed by atoms with Crippen molar-refractivity contribution in [1.82, 2.24) is 0 Å². The van der Waals surface area contributed by atoms with Crippen molar-refractivity contribution in [2.45, 2.75) is 96.3 Å². The SMILES string of the molecule is C1CCCCCCCCCCCCCC1.Oc1cccc(-c2ccccc2)c1O. The number of benzene rings is 2. The Labute approximate surface area is 178 Å². The summed E-state index contributed by atoms with van der Waals surface area (Å²) in [6, 6.07) is 14.4. The zero-order valence-corrected chi connectivity index (χ0v) is 18.1. The highest BCUT2D eigenvalue weighted by molar-refractivity contribution is 5.72. The molecule has 2 N–H and O–H groups in total. The van der Waals surface area contributed by atoms with Gasteiger partial charge in [0.15, 0.2) is 11.5 Å². The van der Waals surface area contributed by atoms with Crippen LogP contribution in [0.25, 0.3) is 11.1 Å². The van der Waals surface area contributed by atoms with Crippen molar-refractivity contribution in [2.24, 2.45) is 0 Å². The van der Waals surface area contributed by atoms with Crippen LogP contribution in [0.15, 0.2) is 48.5 Å². The molecular formula is C27H40O2. The second kappa shape index (κ2) is 15.0. The number of hydrogen-bond acceptors (Lipinski definition) is 2. The fourth-order valence-electron chi connectivity index (χ4n) is 4.03. The molecule has 0 unspecified atom stereocenters. The molecule has 0 saturated heterocycles. The normalized spacial score (nSPS) is 17.2. The molecule has 2 nitrogen and oxygen atoms in total. The fourth-order valence-corrected chi connectivity index (χ4v) is 4.03. The van der Waals surface area contributed by atoms with Crippen molar-refractivity contribution in [3.63, 3.8) is 0 Å². The average Bonchev–Trinajstić information content (AvgIpc) is 2.76. The van der Waals surface area contributed by atoms with E-state index in [9.17, 15) is 10.2 Å². The molecule has 0 amide bonds. The van der Waals surface area contributed by atoms with E-state index in [0.717, 1.165) is 5.56 Å². The Morgan fingerprint density at radius 1 is 0.414 bits per heavy atom. The summed E-state index contributed by atoms with van der Waals surface area (Å²) in [6.45, 7) is 0. The van der Waals surface area contributed by atoms with Crippen LogP contribution in [-0.2, 0) is 0 Å². The van der Waals surface area contributed by atoms with E-state index in [2.05, 4.69) is 0 Å². The van der Waals surface area contributed by atoms with Crippen molar-refractivity contribution in [2.75, 3.05) is 0 Å². The van der Waals surface area contributed by atoms with Gasteiger partial charge in [0.25, 0.3) is 0 Å². The van der Waals surface area contributed by atoms with Gasteiger partial charge >= 0.3 is 0 Å². The number of phenols is 2. The molecule has 0 aliphatic heterocycles. The molecule has 0 radical (unpaired) electrons. The molecule has 1 aliphatic carbocycles. The quantitative estimate of drug-likeness (QED) is 0.474. The summed E-state index contributed by atoms with van der Waals surface area (Å²) in [5.74, 6) is -0.162. The molecule has 160 valence electrons. The van der Waals surface area contributed by atoms with E-state index in [4.69, 9.17) is 0 Å². The minimum absolute atomic E-state index is 0.0706.